The normalized spacial score (nSPS) is 24.0. The van der Waals surface area contributed by atoms with Crippen molar-refractivity contribution in [1.82, 2.24) is 0 Å². The van der Waals surface area contributed by atoms with Crippen LogP contribution in [-0.4, -0.2) is 23.7 Å². The Hall–Kier alpha value is -2.62. The van der Waals surface area contributed by atoms with E-state index in [1.54, 1.807) is 0 Å². The van der Waals surface area contributed by atoms with Gasteiger partial charge in [0.05, 0.1) is 18.4 Å². The Morgan fingerprint density at radius 1 is 0.852 bits per heavy atom. The largest absolute Gasteiger partial charge is 0.481 e. The highest BCUT2D eigenvalue weighted by Gasteiger charge is 2.59. The molecule has 0 aromatic heterocycles. The SMILES string of the molecule is CCCCCOC(=O)C1[C@@H](c2ccccc2)C(C(=O)O)[C@@H]1c1ccccc1. The minimum absolute atomic E-state index is 0.286. The molecule has 0 bridgehead atoms. The Kier molecular flexibility index (Phi) is 6.28. The molecule has 4 heteroatoms. The lowest BCUT2D eigenvalue weighted by molar-refractivity contribution is -0.164. The molecule has 3 rings (SSSR count). The second-order valence-corrected chi connectivity index (χ2v) is 7.14. The summed E-state index contributed by atoms with van der Waals surface area (Å²) in [6.07, 6.45) is 2.91. The van der Waals surface area contributed by atoms with Gasteiger partial charge in [-0.15, -0.1) is 0 Å². The number of carboxylic acids is 1. The number of carbonyl (C=O) groups excluding carboxylic acids is 1. The summed E-state index contributed by atoms with van der Waals surface area (Å²) in [5.41, 5.74) is 1.76. The number of esters is 1. The highest BCUT2D eigenvalue weighted by atomic mass is 16.5. The van der Waals surface area contributed by atoms with E-state index in [-0.39, 0.29) is 17.8 Å². The van der Waals surface area contributed by atoms with Crippen LogP contribution < -0.4 is 0 Å². The van der Waals surface area contributed by atoms with Gasteiger partial charge in [0.2, 0.25) is 0 Å². The summed E-state index contributed by atoms with van der Waals surface area (Å²) in [5, 5.41) is 9.89. The molecular formula is C23H26O4. The average molecular weight is 366 g/mol. The highest BCUT2D eigenvalue weighted by Crippen LogP contribution is 2.58. The number of benzene rings is 2. The lowest BCUT2D eigenvalue weighted by atomic mass is 9.52. The van der Waals surface area contributed by atoms with E-state index in [1.165, 1.54) is 0 Å². The summed E-state index contributed by atoms with van der Waals surface area (Å²) in [4.78, 5) is 25.0. The number of aliphatic carboxylic acids is 1. The second-order valence-electron chi connectivity index (χ2n) is 7.14. The second kappa shape index (κ2) is 8.85. The van der Waals surface area contributed by atoms with Gasteiger partial charge in [-0.05, 0) is 17.5 Å². The predicted molar refractivity (Wildman–Crippen MR) is 103 cm³/mol. The van der Waals surface area contributed by atoms with Crippen molar-refractivity contribution in [2.75, 3.05) is 6.61 Å². The van der Waals surface area contributed by atoms with Gasteiger partial charge >= 0.3 is 11.9 Å². The van der Waals surface area contributed by atoms with Gasteiger partial charge in [0.1, 0.15) is 0 Å². The Morgan fingerprint density at radius 3 is 1.81 bits per heavy atom. The lowest BCUT2D eigenvalue weighted by Crippen LogP contribution is -2.51. The van der Waals surface area contributed by atoms with E-state index in [4.69, 9.17) is 4.74 Å². The molecule has 0 heterocycles. The quantitative estimate of drug-likeness (QED) is 0.547. The van der Waals surface area contributed by atoms with Crippen LogP contribution in [0.4, 0.5) is 0 Å². The number of carboxylic acid groups (broad SMARTS) is 1. The van der Waals surface area contributed by atoms with E-state index in [0.717, 1.165) is 30.4 Å². The third kappa shape index (κ3) is 4.05. The average Bonchev–Trinajstić information content (AvgIpc) is 2.66. The number of rotatable bonds is 8. The Balaban J connectivity index is 1.90. The van der Waals surface area contributed by atoms with Crippen LogP contribution in [0, 0.1) is 11.8 Å². The van der Waals surface area contributed by atoms with Crippen LogP contribution in [-0.2, 0) is 14.3 Å². The maximum atomic E-state index is 12.9. The molecule has 0 spiro atoms. The molecule has 142 valence electrons. The summed E-state index contributed by atoms with van der Waals surface area (Å²) in [6, 6.07) is 18.9. The summed E-state index contributed by atoms with van der Waals surface area (Å²) < 4.78 is 5.55. The van der Waals surface area contributed by atoms with Gasteiger partial charge in [-0.2, -0.15) is 0 Å². The fourth-order valence-corrected chi connectivity index (χ4v) is 4.15. The molecule has 2 aromatic rings. The van der Waals surface area contributed by atoms with Crippen LogP contribution in [0.5, 0.6) is 0 Å². The van der Waals surface area contributed by atoms with E-state index in [2.05, 4.69) is 6.92 Å². The Morgan fingerprint density at radius 2 is 1.37 bits per heavy atom. The third-order valence-corrected chi connectivity index (χ3v) is 5.47. The Labute approximate surface area is 160 Å². The van der Waals surface area contributed by atoms with E-state index >= 15 is 0 Å². The first-order chi connectivity index (χ1) is 13.1. The van der Waals surface area contributed by atoms with Crippen molar-refractivity contribution < 1.29 is 19.4 Å². The van der Waals surface area contributed by atoms with Crippen molar-refractivity contribution in [2.45, 2.75) is 38.0 Å². The molecule has 27 heavy (non-hydrogen) atoms. The first-order valence-corrected chi connectivity index (χ1v) is 9.64. The molecule has 2 aromatic carbocycles. The van der Waals surface area contributed by atoms with Gasteiger partial charge in [-0.1, -0.05) is 80.4 Å². The van der Waals surface area contributed by atoms with Crippen molar-refractivity contribution in [2.24, 2.45) is 11.8 Å². The maximum absolute atomic E-state index is 12.9. The molecule has 0 aliphatic heterocycles. The minimum atomic E-state index is -0.868. The molecular weight excluding hydrogens is 340 g/mol. The topological polar surface area (TPSA) is 63.6 Å². The molecule has 1 aliphatic carbocycles. The van der Waals surface area contributed by atoms with Crippen molar-refractivity contribution >= 4 is 11.9 Å². The highest BCUT2D eigenvalue weighted by molar-refractivity contribution is 5.84. The molecule has 0 radical (unpaired) electrons. The molecule has 1 N–H and O–H groups in total. The van der Waals surface area contributed by atoms with E-state index < -0.39 is 17.8 Å². The van der Waals surface area contributed by atoms with Gasteiger partial charge in [-0.25, -0.2) is 0 Å². The van der Waals surface area contributed by atoms with Crippen molar-refractivity contribution in [3.05, 3.63) is 71.8 Å². The predicted octanol–water partition coefficient (Wildman–Crippen LogP) is 4.62. The van der Waals surface area contributed by atoms with Gasteiger partial charge in [0, 0.05) is 11.8 Å². The van der Waals surface area contributed by atoms with Gasteiger partial charge in [0.15, 0.2) is 0 Å². The fourth-order valence-electron chi connectivity index (χ4n) is 4.15. The zero-order chi connectivity index (χ0) is 19.2. The van der Waals surface area contributed by atoms with Crippen molar-refractivity contribution in [3.8, 4) is 0 Å². The van der Waals surface area contributed by atoms with Crippen LogP contribution in [0.15, 0.2) is 60.7 Å². The van der Waals surface area contributed by atoms with E-state index in [1.807, 2.05) is 60.7 Å². The number of hydrogen-bond donors (Lipinski definition) is 1. The number of hydrogen-bond acceptors (Lipinski definition) is 3. The van der Waals surface area contributed by atoms with Crippen LogP contribution in [0.1, 0.15) is 49.1 Å². The van der Waals surface area contributed by atoms with Gasteiger partial charge in [-0.3, -0.25) is 9.59 Å². The molecule has 4 nitrogen and oxygen atoms in total. The molecule has 0 unspecified atom stereocenters. The van der Waals surface area contributed by atoms with E-state index in [0.29, 0.717) is 6.61 Å². The summed E-state index contributed by atoms with van der Waals surface area (Å²) in [6.45, 7) is 2.49. The summed E-state index contributed by atoms with van der Waals surface area (Å²) in [5.74, 6) is -3.00. The van der Waals surface area contributed by atoms with Crippen LogP contribution in [0.3, 0.4) is 0 Å². The number of carbonyl (C=O) groups is 2. The molecule has 0 amide bonds. The molecule has 2 atom stereocenters. The molecule has 1 aliphatic rings. The van der Waals surface area contributed by atoms with Crippen molar-refractivity contribution in [1.29, 1.82) is 0 Å². The van der Waals surface area contributed by atoms with Crippen LogP contribution in [0.2, 0.25) is 0 Å². The van der Waals surface area contributed by atoms with Gasteiger partial charge < -0.3 is 9.84 Å². The molecule has 1 fully saturated rings. The standard InChI is InChI=1S/C23H26O4/c1-2-3-10-15-27-23(26)21-18(16-11-6-4-7-12-16)20(22(24)25)19(21)17-13-8-5-9-14-17/h4-9,11-14,18-21H,2-3,10,15H2,1H3,(H,24,25)/t18-,19-,20?,21?/m0/s1. The number of unbranched alkanes of at least 4 members (excludes halogenated alkanes) is 2. The molecule has 0 saturated heterocycles. The monoisotopic (exact) mass is 366 g/mol. The lowest BCUT2D eigenvalue weighted by Gasteiger charge is -2.49. The third-order valence-electron chi connectivity index (χ3n) is 5.47. The molecule has 1 saturated carbocycles. The summed E-state index contributed by atoms with van der Waals surface area (Å²) >= 11 is 0. The summed E-state index contributed by atoms with van der Waals surface area (Å²) in [7, 11) is 0. The first kappa shape index (κ1) is 19.2. The zero-order valence-corrected chi connectivity index (χ0v) is 15.6. The van der Waals surface area contributed by atoms with Crippen LogP contribution in [0.25, 0.3) is 0 Å². The smallest absolute Gasteiger partial charge is 0.310 e. The number of ether oxygens (including phenoxy) is 1. The Bertz CT molecular complexity index is 709. The minimum Gasteiger partial charge on any atom is -0.481 e. The van der Waals surface area contributed by atoms with Crippen molar-refractivity contribution in [3.63, 3.8) is 0 Å². The maximum Gasteiger partial charge on any atom is 0.310 e. The van der Waals surface area contributed by atoms with Crippen LogP contribution >= 0.6 is 0 Å². The zero-order valence-electron chi connectivity index (χ0n) is 15.6. The van der Waals surface area contributed by atoms with E-state index in [9.17, 15) is 14.7 Å². The van der Waals surface area contributed by atoms with Gasteiger partial charge in [0.25, 0.3) is 0 Å². The fraction of sp³-hybridized carbons (Fsp3) is 0.391. The first-order valence-electron chi connectivity index (χ1n) is 9.64.